The van der Waals surface area contributed by atoms with Crippen LogP contribution in [-0.2, 0) is 24.4 Å². The number of hydrogen-bond donors (Lipinski definition) is 2. The highest BCUT2D eigenvalue weighted by Crippen LogP contribution is 2.49. The van der Waals surface area contributed by atoms with Crippen LogP contribution in [0.25, 0.3) is 6.08 Å². The summed E-state index contributed by atoms with van der Waals surface area (Å²) in [5, 5.41) is 13.4. The smallest absolute Gasteiger partial charge is 0.258 e. The summed E-state index contributed by atoms with van der Waals surface area (Å²) in [6, 6.07) is 8.90. The van der Waals surface area contributed by atoms with Gasteiger partial charge in [-0.3, -0.25) is 14.5 Å². The zero-order chi connectivity index (χ0) is 25.2. The number of nitrogens with one attached hydrogen (secondary N) is 1. The minimum Gasteiger partial charge on any atom is -0.396 e. The largest absolute Gasteiger partial charge is 0.396 e. The van der Waals surface area contributed by atoms with Gasteiger partial charge >= 0.3 is 0 Å². The van der Waals surface area contributed by atoms with Crippen molar-refractivity contribution < 1.29 is 14.3 Å². The third-order valence-corrected chi connectivity index (χ3v) is 7.19. The van der Waals surface area contributed by atoms with E-state index in [2.05, 4.69) is 20.2 Å². The molecule has 9 heteroatoms. The lowest BCUT2D eigenvalue weighted by molar-refractivity contribution is -0.128. The van der Waals surface area contributed by atoms with Crippen LogP contribution in [0.2, 0.25) is 0 Å². The van der Waals surface area contributed by atoms with E-state index >= 15 is 0 Å². The predicted octanol–water partition coefficient (Wildman–Crippen LogP) is 2.29. The summed E-state index contributed by atoms with van der Waals surface area (Å²) in [6.07, 6.45) is 8.49. The normalized spacial score (nSPS) is 23.1. The fourth-order valence-corrected chi connectivity index (χ4v) is 5.63. The van der Waals surface area contributed by atoms with Crippen molar-refractivity contribution in [3.63, 3.8) is 0 Å². The first kappa shape index (κ1) is 24.0. The van der Waals surface area contributed by atoms with E-state index in [1.165, 1.54) is 18.5 Å². The summed E-state index contributed by atoms with van der Waals surface area (Å²) in [6.45, 7) is 2.74. The molecule has 0 aliphatic carbocycles. The van der Waals surface area contributed by atoms with E-state index in [1.54, 1.807) is 35.2 Å². The summed E-state index contributed by atoms with van der Waals surface area (Å²) < 4.78 is 15.0. The predicted molar refractivity (Wildman–Crippen MR) is 132 cm³/mol. The molecule has 8 nitrogen and oxygen atoms in total. The molecule has 0 bridgehead atoms. The number of carbonyl (C=O) groups excluding carboxylic acids is 1. The van der Waals surface area contributed by atoms with Gasteiger partial charge in [0.05, 0.1) is 12.1 Å². The lowest BCUT2D eigenvalue weighted by Gasteiger charge is -2.30. The summed E-state index contributed by atoms with van der Waals surface area (Å²) in [5.41, 5.74) is 2.98. The first-order valence-corrected chi connectivity index (χ1v) is 12.0. The molecule has 4 atom stereocenters. The number of amides is 1. The van der Waals surface area contributed by atoms with Crippen molar-refractivity contribution in [3.05, 3.63) is 99.8 Å². The van der Waals surface area contributed by atoms with Crippen LogP contribution in [0.4, 0.5) is 4.39 Å². The van der Waals surface area contributed by atoms with E-state index in [0.29, 0.717) is 18.7 Å². The summed E-state index contributed by atoms with van der Waals surface area (Å²) in [7, 11) is 0. The van der Waals surface area contributed by atoms with E-state index in [4.69, 9.17) is 0 Å². The Kier molecular flexibility index (Phi) is 6.75. The molecular formula is C27H28FN5O3. The van der Waals surface area contributed by atoms with Gasteiger partial charge in [0, 0.05) is 67.3 Å². The summed E-state index contributed by atoms with van der Waals surface area (Å²) >= 11 is 0. The van der Waals surface area contributed by atoms with Crippen LogP contribution in [0, 0.1) is 17.7 Å². The molecule has 3 aromatic rings. The van der Waals surface area contributed by atoms with E-state index < -0.39 is 6.04 Å². The van der Waals surface area contributed by atoms with Crippen LogP contribution >= 0.6 is 0 Å². The highest BCUT2D eigenvalue weighted by Gasteiger charge is 2.55. The minimum atomic E-state index is -0.621. The molecule has 4 heterocycles. The molecule has 5 rings (SSSR count). The van der Waals surface area contributed by atoms with Gasteiger partial charge in [0.1, 0.15) is 12.1 Å². The maximum absolute atomic E-state index is 13.6. The van der Waals surface area contributed by atoms with Crippen molar-refractivity contribution in [2.24, 2.45) is 11.8 Å². The van der Waals surface area contributed by atoms with Crippen LogP contribution in [-0.4, -0.2) is 43.1 Å². The topological polar surface area (TPSA) is 100 Å². The molecule has 1 amide bonds. The van der Waals surface area contributed by atoms with E-state index in [1.807, 2.05) is 25.1 Å². The highest BCUT2D eigenvalue weighted by atomic mass is 19.1. The third-order valence-electron chi connectivity index (χ3n) is 7.19. The van der Waals surface area contributed by atoms with Crippen molar-refractivity contribution in [2.75, 3.05) is 6.61 Å². The van der Waals surface area contributed by atoms with Gasteiger partial charge in [-0.25, -0.2) is 14.4 Å². The molecule has 36 heavy (non-hydrogen) atoms. The van der Waals surface area contributed by atoms with Gasteiger partial charge < -0.3 is 15.0 Å². The molecule has 1 aromatic carbocycles. The number of halogens is 1. The van der Waals surface area contributed by atoms with E-state index in [9.17, 15) is 19.1 Å². The molecule has 2 N–H and O–H groups in total. The first-order valence-electron chi connectivity index (χ1n) is 12.0. The van der Waals surface area contributed by atoms with Crippen molar-refractivity contribution in [1.29, 1.82) is 0 Å². The Hall–Kier alpha value is -3.69. The number of benzene rings is 1. The number of aliphatic hydroxyl groups is 1. The lowest BCUT2D eigenvalue weighted by Crippen LogP contribution is -2.48. The SMILES string of the molecule is CC=Cc1ccc2n(c1=O)C[C@@H]1[C@@H](CO)[C@H](C(=O)NCc3ccc(F)cc3)N(Cc3cncnc3)[C@H]21. The van der Waals surface area contributed by atoms with Gasteiger partial charge in [-0.15, -0.1) is 0 Å². The van der Waals surface area contributed by atoms with E-state index in [0.717, 1.165) is 16.8 Å². The Bertz CT molecular complexity index is 1330. The zero-order valence-electron chi connectivity index (χ0n) is 19.9. The van der Waals surface area contributed by atoms with Crippen LogP contribution in [0.5, 0.6) is 0 Å². The van der Waals surface area contributed by atoms with Crippen LogP contribution < -0.4 is 10.9 Å². The number of fused-ring (bicyclic) bond motifs is 3. The number of aliphatic hydroxyl groups excluding tert-OH is 1. The number of likely N-dealkylation sites (tertiary alicyclic amines) is 1. The number of nitrogens with zero attached hydrogens (tertiary/aromatic N) is 4. The molecule has 0 unspecified atom stereocenters. The Morgan fingerprint density at radius 3 is 2.61 bits per heavy atom. The Morgan fingerprint density at radius 2 is 1.92 bits per heavy atom. The fraction of sp³-hybridized carbons (Fsp3) is 0.333. The van der Waals surface area contributed by atoms with Gasteiger partial charge in [0.15, 0.2) is 0 Å². The summed E-state index contributed by atoms with van der Waals surface area (Å²) in [4.78, 5) is 37.0. The van der Waals surface area contributed by atoms with Crippen molar-refractivity contribution in [2.45, 2.75) is 38.6 Å². The standard InChI is InChI=1S/C27H28FN5O3/c1-2-3-19-6-9-23-24-21(14-32(23)27(19)36)22(15-34)25(33(24)13-18-10-29-16-30-11-18)26(35)31-12-17-4-7-20(28)8-5-17/h2-11,16,21-22,24-25,34H,12-15H2,1H3,(H,31,35)/t21-,22-,24+,25-/m1/s1. The molecule has 1 saturated heterocycles. The number of hydrogen-bond acceptors (Lipinski definition) is 6. The second kappa shape index (κ2) is 10.1. The number of pyridine rings is 1. The zero-order valence-corrected chi connectivity index (χ0v) is 19.9. The molecule has 0 spiro atoms. The lowest BCUT2D eigenvalue weighted by atomic mass is 9.88. The van der Waals surface area contributed by atoms with Crippen molar-refractivity contribution in [3.8, 4) is 0 Å². The molecular weight excluding hydrogens is 461 g/mol. The maximum atomic E-state index is 13.6. The van der Waals surface area contributed by atoms with Gasteiger partial charge in [-0.1, -0.05) is 24.3 Å². The highest BCUT2D eigenvalue weighted by molar-refractivity contribution is 5.82. The average Bonchev–Trinajstić information content (AvgIpc) is 3.41. The molecule has 2 aliphatic heterocycles. The molecule has 1 fully saturated rings. The second-order valence-electron chi connectivity index (χ2n) is 9.29. The van der Waals surface area contributed by atoms with Crippen LogP contribution in [0.1, 0.15) is 35.3 Å². The third kappa shape index (κ3) is 4.36. The Morgan fingerprint density at radius 1 is 1.17 bits per heavy atom. The van der Waals surface area contributed by atoms with Gasteiger partial charge in [0.2, 0.25) is 5.91 Å². The first-order chi connectivity index (χ1) is 17.5. The van der Waals surface area contributed by atoms with Crippen molar-refractivity contribution >= 4 is 12.0 Å². The molecule has 186 valence electrons. The molecule has 0 saturated carbocycles. The quantitative estimate of drug-likeness (QED) is 0.528. The summed E-state index contributed by atoms with van der Waals surface area (Å²) in [5.74, 6) is -1.05. The monoisotopic (exact) mass is 489 g/mol. The van der Waals surface area contributed by atoms with Gasteiger partial charge in [0.25, 0.3) is 5.56 Å². The molecule has 0 radical (unpaired) electrons. The fourth-order valence-electron chi connectivity index (χ4n) is 5.63. The minimum absolute atomic E-state index is 0.0722. The Balaban J connectivity index is 1.49. The number of aromatic nitrogens is 3. The number of carbonyl (C=O) groups is 1. The maximum Gasteiger partial charge on any atom is 0.258 e. The van der Waals surface area contributed by atoms with Gasteiger partial charge in [-0.05, 0) is 36.8 Å². The van der Waals surface area contributed by atoms with E-state index in [-0.39, 0.29) is 48.3 Å². The van der Waals surface area contributed by atoms with Crippen molar-refractivity contribution in [1.82, 2.24) is 24.8 Å². The number of allylic oxidation sites excluding steroid dienone is 1. The van der Waals surface area contributed by atoms with Crippen LogP contribution in [0.3, 0.4) is 0 Å². The van der Waals surface area contributed by atoms with Crippen LogP contribution in [0.15, 0.2) is 66.0 Å². The molecule has 2 aromatic heterocycles. The van der Waals surface area contributed by atoms with Gasteiger partial charge in [-0.2, -0.15) is 0 Å². The molecule has 2 aliphatic rings. The second-order valence-corrected chi connectivity index (χ2v) is 9.29. The number of rotatable bonds is 7. The average molecular weight is 490 g/mol. The Labute approximate surface area is 208 Å².